The van der Waals surface area contributed by atoms with Crippen LogP contribution in [0.15, 0.2) is 29.3 Å². The molecule has 0 aliphatic carbocycles. The van der Waals surface area contributed by atoms with Gasteiger partial charge in [0.2, 0.25) is 0 Å². The maximum Gasteiger partial charge on any atom is 0.270 e. The number of aryl methyl sites for hydroxylation is 1. The van der Waals surface area contributed by atoms with Gasteiger partial charge in [0.1, 0.15) is 11.2 Å². The smallest absolute Gasteiger partial charge is 0.270 e. The first kappa shape index (κ1) is 9.39. The molecule has 5 heteroatoms. The van der Waals surface area contributed by atoms with Crippen LogP contribution in [0.1, 0.15) is 15.9 Å². The SMILES string of the molecule is Cc1cccn2c(=O)c(C(N)=O)cnc12. The number of nitrogens with zero attached hydrogens (tertiary/aromatic N) is 2. The lowest BCUT2D eigenvalue weighted by molar-refractivity contribution is 0.0998. The number of hydrogen-bond donors (Lipinski definition) is 1. The van der Waals surface area contributed by atoms with E-state index in [-0.39, 0.29) is 5.56 Å². The van der Waals surface area contributed by atoms with Crippen LogP contribution in [0.5, 0.6) is 0 Å². The van der Waals surface area contributed by atoms with Gasteiger partial charge in [-0.15, -0.1) is 0 Å². The first-order valence-electron chi connectivity index (χ1n) is 4.38. The molecule has 0 saturated carbocycles. The first-order valence-corrected chi connectivity index (χ1v) is 4.38. The third kappa shape index (κ3) is 1.38. The molecule has 2 aromatic rings. The molecule has 0 aromatic carbocycles. The standard InChI is InChI=1S/C10H9N3O2/c1-6-3-2-4-13-9(6)12-5-7(8(11)14)10(13)15/h2-5H,1H3,(H2,11,14). The summed E-state index contributed by atoms with van der Waals surface area (Å²) in [5.41, 5.74) is 5.92. The summed E-state index contributed by atoms with van der Waals surface area (Å²) in [6.45, 7) is 1.84. The number of fused-ring (bicyclic) bond motifs is 1. The predicted molar refractivity (Wildman–Crippen MR) is 54.7 cm³/mol. The maximum atomic E-state index is 11.7. The van der Waals surface area contributed by atoms with Crippen molar-refractivity contribution in [1.29, 1.82) is 0 Å². The predicted octanol–water partition coefficient (Wildman–Crippen LogP) is 0.102. The van der Waals surface area contributed by atoms with E-state index in [1.165, 1.54) is 10.6 Å². The molecule has 0 unspecified atom stereocenters. The van der Waals surface area contributed by atoms with E-state index in [0.717, 1.165) is 5.56 Å². The molecule has 0 bridgehead atoms. The molecule has 2 aromatic heterocycles. The van der Waals surface area contributed by atoms with Crippen molar-refractivity contribution in [2.24, 2.45) is 5.73 Å². The average molecular weight is 203 g/mol. The van der Waals surface area contributed by atoms with Crippen molar-refractivity contribution in [3.8, 4) is 0 Å². The molecular weight excluding hydrogens is 194 g/mol. The molecule has 5 nitrogen and oxygen atoms in total. The quantitative estimate of drug-likeness (QED) is 0.714. The number of carbonyl (C=O) groups excluding carboxylic acids is 1. The lowest BCUT2D eigenvalue weighted by Crippen LogP contribution is -2.27. The summed E-state index contributed by atoms with van der Waals surface area (Å²) in [5, 5.41) is 0. The molecule has 0 aliphatic rings. The summed E-state index contributed by atoms with van der Waals surface area (Å²) >= 11 is 0. The number of amides is 1. The number of pyridine rings is 1. The van der Waals surface area contributed by atoms with Crippen molar-refractivity contribution >= 4 is 11.6 Å². The van der Waals surface area contributed by atoms with Crippen LogP contribution in [-0.2, 0) is 0 Å². The second-order valence-electron chi connectivity index (χ2n) is 3.23. The fourth-order valence-electron chi connectivity index (χ4n) is 1.42. The van der Waals surface area contributed by atoms with Gasteiger partial charge < -0.3 is 5.73 Å². The first-order chi connectivity index (χ1) is 7.11. The minimum Gasteiger partial charge on any atom is -0.365 e. The van der Waals surface area contributed by atoms with E-state index in [2.05, 4.69) is 4.98 Å². The van der Waals surface area contributed by atoms with Crippen LogP contribution in [0.25, 0.3) is 5.65 Å². The van der Waals surface area contributed by atoms with Gasteiger partial charge in [-0.05, 0) is 18.6 Å². The van der Waals surface area contributed by atoms with Crippen molar-refractivity contribution < 1.29 is 4.79 Å². The van der Waals surface area contributed by atoms with Crippen molar-refractivity contribution in [2.45, 2.75) is 6.92 Å². The Morgan fingerprint density at radius 3 is 2.93 bits per heavy atom. The summed E-state index contributed by atoms with van der Waals surface area (Å²) in [6.07, 6.45) is 2.77. The van der Waals surface area contributed by atoms with Gasteiger partial charge in [-0.1, -0.05) is 6.07 Å². The van der Waals surface area contributed by atoms with Crippen LogP contribution in [0.4, 0.5) is 0 Å². The average Bonchev–Trinajstić information content (AvgIpc) is 2.19. The third-order valence-electron chi connectivity index (χ3n) is 2.19. The third-order valence-corrected chi connectivity index (χ3v) is 2.19. The maximum absolute atomic E-state index is 11.7. The van der Waals surface area contributed by atoms with Crippen molar-refractivity contribution in [1.82, 2.24) is 9.38 Å². The molecule has 2 heterocycles. The molecule has 1 amide bonds. The van der Waals surface area contributed by atoms with Gasteiger partial charge >= 0.3 is 0 Å². The van der Waals surface area contributed by atoms with Crippen LogP contribution >= 0.6 is 0 Å². The topological polar surface area (TPSA) is 77.5 Å². The lowest BCUT2D eigenvalue weighted by Gasteiger charge is -2.03. The van der Waals surface area contributed by atoms with Crippen molar-refractivity contribution in [2.75, 3.05) is 0 Å². The Morgan fingerprint density at radius 2 is 2.27 bits per heavy atom. The highest BCUT2D eigenvalue weighted by atomic mass is 16.2. The molecule has 0 fully saturated rings. The Kier molecular flexibility index (Phi) is 2.00. The molecule has 0 saturated heterocycles. The second-order valence-corrected chi connectivity index (χ2v) is 3.23. The number of carbonyl (C=O) groups is 1. The Labute approximate surface area is 85.2 Å². The van der Waals surface area contributed by atoms with E-state index in [1.54, 1.807) is 12.3 Å². The highest BCUT2D eigenvalue weighted by molar-refractivity contribution is 5.92. The zero-order chi connectivity index (χ0) is 11.0. The van der Waals surface area contributed by atoms with Gasteiger partial charge in [0, 0.05) is 12.4 Å². The molecule has 0 atom stereocenters. The number of aromatic nitrogens is 2. The molecule has 0 radical (unpaired) electrons. The van der Waals surface area contributed by atoms with Crippen molar-refractivity contribution in [3.05, 3.63) is 46.0 Å². The van der Waals surface area contributed by atoms with Gasteiger partial charge in [0.15, 0.2) is 0 Å². The highest BCUT2D eigenvalue weighted by Crippen LogP contribution is 2.04. The molecule has 15 heavy (non-hydrogen) atoms. The Bertz CT molecular complexity index is 601. The van der Waals surface area contributed by atoms with E-state index >= 15 is 0 Å². The summed E-state index contributed by atoms with van der Waals surface area (Å²) in [7, 11) is 0. The fourth-order valence-corrected chi connectivity index (χ4v) is 1.42. The van der Waals surface area contributed by atoms with Gasteiger partial charge in [0.25, 0.3) is 11.5 Å². The summed E-state index contributed by atoms with van der Waals surface area (Å²) in [5.74, 6) is -0.761. The number of hydrogen-bond acceptors (Lipinski definition) is 3. The lowest BCUT2D eigenvalue weighted by atomic mass is 10.2. The minimum absolute atomic E-state index is 0.0990. The summed E-state index contributed by atoms with van der Waals surface area (Å²) < 4.78 is 1.31. The van der Waals surface area contributed by atoms with E-state index in [9.17, 15) is 9.59 Å². The monoisotopic (exact) mass is 203 g/mol. The van der Waals surface area contributed by atoms with Gasteiger partial charge in [-0.2, -0.15) is 0 Å². The second kappa shape index (κ2) is 3.20. The highest BCUT2D eigenvalue weighted by Gasteiger charge is 2.09. The summed E-state index contributed by atoms with van der Waals surface area (Å²) in [4.78, 5) is 26.7. The zero-order valence-electron chi connectivity index (χ0n) is 8.10. The van der Waals surface area contributed by atoms with Gasteiger partial charge in [0.05, 0.1) is 0 Å². The normalized spacial score (nSPS) is 10.5. The molecule has 76 valence electrons. The van der Waals surface area contributed by atoms with Crippen LogP contribution in [0.2, 0.25) is 0 Å². The molecule has 0 spiro atoms. The van der Waals surface area contributed by atoms with Crippen LogP contribution in [0.3, 0.4) is 0 Å². The fraction of sp³-hybridized carbons (Fsp3) is 0.100. The number of nitrogens with two attached hydrogens (primary N) is 1. The molecule has 0 aliphatic heterocycles. The Hall–Kier alpha value is -2.17. The van der Waals surface area contributed by atoms with Crippen LogP contribution in [-0.4, -0.2) is 15.3 Å². The number of rotatable bonds is 1. The molecular formula is C10H9N3O2. The largest absolute Gasteiger partial charge is 0.365 e. The van der Waals surface area contributed by atoms with E-state index < -0.39 is 11.5 Å². The van der Waals surface area contributed by atoms with E-state index in [4.69, 9.17) is 5.73 Å². The van der Waals surface area contributed by atoms with Crippen LogP contribution < -0.4 is 11.3 Å². The van der Waals surface area contributed by atoms with Gasteiger partial charge in [-0.3, -0.25) is 14.0 Å². The molecule has 2 rings (SSSR count). The van der Waals surface area contributed by atoms with E-state index in [0.29, 0.717) is 5.65 Å². The van der Waals surface area contributed by atoms with Crippen molar-refractivity contribution in [3.63, 3.8) is 0 Å². The molecule has 2 N–H and O–H groups in total. The van der Waals surface area contributed by atoms with Crippen LogP contribution in [0, 0.1) is 6.92 Å². The number of primary amides is 1. The zero-order valence-corrected chi connectivity index (χ0v) is 8.10. The summed E-state index contributed by atoms with van der Waals surface area (Å²) in [6, 6.07) is 3.56. The van der Waals surface area contributed by atoms with E-state index in [1.807, 2.05) is 13.0 Å². The Morgan fingerprint density at radius 1 is 1.53 bits per heavy atom. The Balaban J connectivity index is 2.92. The minimum atomic E-state index is -0.761. The van der Waals surface area contributed by atoms with Gasteiger partial charge in [-0.25, -0.2) is 4.98 Å².